The number of benzene rings is 1. The molecule has 4 rings (SSSR count). The molecule has 1 fully saturated rings. The Bertz CT molecular complexity index is 1240. The first-order valence-corrected chi connectivity index (χ1v) is 13.4. The summed E-state index contributed by atoms with van der Waals surface area (Å²) in [5.74, 6) is 1.76. The highest BCUT2D eigenvalue weighted by Crippen LogP contribution is 2.23. The van der Waals surface area contributed by atoms with Crippen LogP contribution >= 0.6 is 11.6 Å². The lowest BCUT2D eigenvalue weighted by atomic mass is 9.93. The Kier molecular flexibility index (Phi) is 9.35. The van der Waals surface area contributed by atoms with Crippen LogP contribution in [0.25, 0.3) is 12.2 Å². The quantitative estimate of drug-likeness (QED) is 0.535. The Morgan fingerprint density at radius 3 is 2.78 bits per heavy atom. The molecule has 1 saturated heterocycles. The normalized spacial score (nSPS) is 21.2. The number of nitrogens with zero attached hydrogens (tertiary/aromatic N) is 2. The summed E-state index contributed by atoms with van der Waals surface area (Å²) >= 11 is 6.32. The highest BCUT2D eigenvalue weighted by molar-refractivity contribution is 6.31. The van der Waals surface area contributed by atoms with Gasteiger partial charge in [0.15, 0.2) is 0 Å². The van der Waals surface area contributed by atoms with E-state index >= 15 is 0 Å². The summed E-state index contributed by atoms with van der Waals surface area (Å²) in [6, 6.07) is 10.0. The molecule has 190 valence electrons. The number of fused-ring (bicyclic) bond motifs is 1. The van der Waals surface area contributed by atoms with Crippen LogP contribution in [-0.2, 0) is 16.1 Å². The Morgan fingerprint density at radius 1 is 1.08 bits per heavy atom. The van der Waals surface area contributed by atoms with E-state index in [4.69, 9.17) is 16.6 Å². The molecule has 1 N–H and O–H groups in total. The number of halogens is 1. The predicted molar refractivity (Wildman–Crippen MR) is 147 cm³/mol. The van der Waals surface area contributed by atoms with Crippen molar-refractivity contribution in [3.8, 4) is 0 Å². The standard InChI is InChI=1S/C30H36ClN3O2/c1-22(35)11-14-27(36)20-23-6-5-18-34(19-16-23)30-28-9-4-8-26(13-12-24(28)15-17-32-30)33-21-25-7-2-3-10-29(25)31/h2-3,7-10,12,15,17,23,33H,4-6,11,13-14,16,18-21H2,1H3/b24-12-,26-8+,28-9+. The van der Waals surface area contributed by atoms with Crippen molar-refractivity contribution in [1.29, 1.82) is 0 Å². The third-order valence-corrected chi connectivity index (χ3v) is 7.48. The average Bonchev–Trinajstić information content (AvgIpc) is 3.09. The van der Waals surface area contributed by atoms with E-state index in [1.54, 1.807) is 6.92 Å². The second-order valence-electron chi connectivity index (χ2n) is 9.89. The monoisotopic (exact) mass is 505 g/mol. The number of aromatic nitrogens is 1. The fourth-order valence-electron chi connectivity index (χ4n) is 5.05. The Morgan fingerprint density at radius 2 is 1.94 bits per heavy atom. The van der Waals surface area contributed by atoms with Gasteiger partial charge in [0, 0.05) is 67.5 Å². The van der Waals surface area contributed by atoms with Crippen LogP contribution in [-0.4, -0.2) is 29.6 Å². The molecule has 1 aromatic heterocycles. The number of Topliss-reactive ketones (excluding diaryl/α,β-unsaturated/α-hetero) is 2. The van der Waals surface area contributed by atoms with E-state index in [1.165, 1.54) is 16.1 Å². The minimum Gasteiger partial charge on any atom is -0.384 e. The number of hydrogen-bond acceptors (Lipinski definition) is 5. The fraction of sp³-hybridized carbons (Fsp3) is 0.433. The van der Waals surface area contributed by atoms with Crippen molar-refractivity contribution in [2.24, 2.45) is 5.92 Å². The first kappa shape index (κ1) is 26.2. The van der Waals surface area contributed by atoms with E-state index in [9.17, 15) is 9.59 Å². The summed E-state index contributed by atoms with van der Waals surface area (Å²) in [5, 5.41) is 6.75. The van der Waals surface area contributed by atoms with Crippen LogP contribution in [0.3, 0.4) is 0 Å². The number of carbonyl (C=O) groups is 2. The van der Waals surface area contributed by atoms with Crippen molar-refractivity contribution in [3.05, 3.63) is 69.3 Å². The van der Waals surface area contributed by atoms with Gasteiger partial charge in [-0.3, -0.25) is 4.79 Å². The zero-order valence-electron chi connectivity index (χ0n) is 21.1. The predicted octanol–water partition coefficient (Wildman–Crippen LogP) is 4.70. The maximum atomic E-state index is 12.3. The molecule has 36 heavy (non-hydrogen) atoms. The first-order chi connectivity index (χ1) is 17.5. The van der Waals surface area contributed by atoms with Crippen LogP contribution in [0, 0.1) is 5.92 Å². The molecular weight excluding hydrogens is 470 g/mol. The van der Waals surface area contributed by atoms with Crippen LogP contribution in [0.5, 0.6) is 0 Å². The molecule has 0 radical (unpaired) electrons. The number of rotatable bonds is 9. The van der Waals surface area contributed by atoms with E-state index in [1.807, 2.05) is 24.4 Å². The molecule has 6 heteroatoms. The topological polar surface area (TPSA) is 62.3 Å². The van der Waals surface area contributed by atoms with Gasteiger partial charge in [-0.2, -0.15) is 0 Å². The van der Waals surface area contributed by atoms with Crippen molar-refractivity contribution >= 4 is 41.1 Å². The second-order valence-corrected chi connectivity index (χ2v) is 10.3. The summed E-state index contributed by atoms with van der Waals surface area (Å²) in [7, 11) is 0. The summed E-state index contributed by atoms with van der Waals surface area (Å²) < 4.78 is 0. The number of allylic oxidation sites excluding steroid dienone is 2. The number of anilines is 1. The molecule has 2 heterocycles. The van der Waals surface area contributed by atoms with E-state index in [0.29, 0.717) is 31.7 Å². The molecule has 0 amide bonds. The lowest BCUT2D eigenvalue weighted by Crippen LogP contribution is -2.37. The van der Waals surface area contributed by atoms with Gasteiger partial charge in [-0.15, -0.1) is 0 Å². The summed E-state index contributed by atoms with van der Waals surface area (Å²) in [6.45, 7) is 4.12. The summed E-state index contributed by atoms with van der Waals surface area (Å²) in [5.41, 5.74) is 2.29. The largest absolute Gasteiger partial charge is 0.384 e. The van der Waals surface area contributed by atoms with Crippen molar-refractivity contribution in [1.82, 2.24) is 10.3 Å². The van der Waals surface area contributed by atoms with Gasteiger partial charge in [0.2, 0.25) is 0 Å². The molecule has 2 aromatic rings. The second kappa shape index (κ2) is 12.9. The Balaban J connectivity index is 1.41. The molecule has 0 bridgehead atoms. The maximum Gasteiger partial charge on any atom is 0.136 e. The van der Waals surface area contributed by atoms with Gasteiger partial charge >= 0.3 is 0 Å². The molecule has 1 atom stereocenters. The summed E-state index contributed by atoms with van der Waals surface area (Å²) in [6.07, 6.45) is 14.8. The lowest BCUT2D eigenvalue weighted by Gasteiger charge is -2.23. The molecule has 0 spiro atoms. The van der Waals surface area contributed by atoms with Crippen molar-refractivity contribution in [3.63, 3.8) is 0 Å². The maximum absolute atomic E-state index is 12.3. The van der Waals surface area contributed by atoms with Gasteiger partial charge in [-0.25, -0.2) is 4.98 Å². The summed E-state index contributed by atoms with van der Waals surface area (Å²) in [4.78, 5) is 30.7. The minimum absolute atomic E-state index is 0.0911. The highest BCUT2D eigenvalue weighted by atomic mass is 35.5. The number of pyridine rings is 1. The van der Waals surface area contributed by atoms with Crippen LogP contribution < -0.4 is 20.7 Å². The zero-order chi connectivity index (χ0) is 25.3. The Labute approximate surface area is 218 Å². The van der Waals surface area contributed by atoms with Gasteiger partial charge in [-0.05, 0) is 61.4 Å². The van der Waals surface area contributed by atoms with Crippen LogP contribution in [0.1, 0.15) is 63.9 Å². The molecule has 1 aliphatic heterocycles. The van der Waals surface area contributed by atoms with Gasteiger partial charge in [0.1, 0.15) is 17.4 Å². The van der Waals surface area contributed by atoms with Crippen molar-refractivity contribution < 1.29 is 9.59 Å². The number of nitrogens with one attached hydrogen (secondary N) is 1. The molecular formula is C30H36ClN3O2. The molecule has 5 nitrogen and oxygen atoms in total. The molecule has 0 saturated carbocycles. The number of ketones is 2. The number of carbonyl (C=O) groups excluding carboxylic acids is 2. The van der Waals surface area contributed by atoms with Crippen molar-refractivity contribution in [2.45, 2.75) is 64.8 Å². The highest BCUT2D eigenvalue weighted by Gasteiger charge is 2.21. The molecule has 2 aliphatic rings. The van der Waals surface area contributed by atoms with Gasteiger partial charge in [0.05, 0.1) is 0 Å². The van der Waals surface area contributed by atoms with E-state index in [0.717, 1.165) is 61.6 Å². The minimum atomic E-state index is 0.0911. The smallest absolute Gasteiger partial charge is 0.136 e. The third kappa shape index (κ3) is 7.30. The zero-order valence-corrected chi connectivity index (χ0v) is 21.9. The molecule has 1 unspecified atom stereocenters. The van der Waals surface area contributed by atoms with E-state index in [-0.39, 0.29) is 11.6 Å². The van der Waals surface area contributed by atoms with Crippen molar-refractivity contribution in [2.75, 3.05) is 18.0 Å². The lowest BCUT2D eigenvalue weighted by molar-refractivity contribution is -0.123. The SMILES string of the molecule is CC(=O)CCC(=O)CC1CCCN(c2nccc3/c2=C\C/C=C(/NCc2ccccc2Cl)C\C=3)CC1. The van der Waals surface area contributed by atoms with Gasteiger partial charge in [0.25, 0.3) is 0 Å². The number of hydrogen-bond donors (Lipinski definition) is 1. The van der Waals surface area contributed by atoms with Crippen LogP contribution in [0.2, 0.25) is 5.02 Å². The average molecular weight is 506 g/mol. The van der Waals surface area contributed by atoms with Crippen LogP contribution in [0.15, 0.2) is 48.3 Å². The molecule has 1 aromatic carbocycles. The van der Waals surface area contributed by atoms with E-state index in [2.05, 4.69) is 40.6 Å². The fourth-order valence-corrected chi connectivity index (χ4v) is 5.26. The third-order valence-electron chi connectivity index (χ3n) is 7.11. The van der Waals surface area contributed by atoms with Gasteiger partial charge < -0.3 is 15.0 Å². The van der Waals surface area contributed by atoms with Gasteiger partial charge in [-0.1, -0.05) is 48.0 Å². The van der Waals surface area contributed by atoms with Crippen LogP contribution in [0.4, 0.5) is 5.82 Å². The molecule has 1 aliphatic carbocycles. The first-order valence-electron chi connectivity index (χ1n) is 13.1. The van der Waals surface area contributed by atoms with E-state index < -0.39 is 0 Å². The Hall–Kier alpha value is -2.92.